The van der Waals surface area contributed by atoms with Gasteiger partial charge in [-0.05, 0) is 24.3 Å². The molecular formula is C21H19FN2O6. The van der Waals surface area contributed by atoms with E-state index in [4.69, 9.17) is 14.2 Å². The van der Waals surface area contributed by atoms with E-state index in [0.29, 0.717) is 22.6 Å². The average Bonchev–Trinajstić information content (AvgIpc) is 2.97. The van der Waals surface area contributed by atoms with Gasteiger partial charge in [0.25, 0.3) is 5.91 Å². The van der Waals surface area contributed by atoms with E-state index in [1.165, 1.54) is 25.3 Å². The van der Waals surface area contributed by atoms with E-state index in [9.17, 15) is 18.8 Å². The fourth-order valence-electron chi connectivity index (χ4n) is 3.71. The molecule has 1 saturated heterocycles. The molecule has 2 aromatic carbocycles. The van der Waals surface area contributed by atoms with Crippen LogP contribution in [0.15, 0.2) is 42.5 Å². The molecule has 2 aliphatic heterocycles. The number of halogens is 1. The van der Waals surface area contributed by atoms with E-state index >= 15 is 0 Å². The van der Waals surface area contributed by atoms with Gasteiger partial charge in [-0.15, -0.1) is 0 Å². The summed E-state index contributed by atoms with van der Waals surface area (Å²) in [7, 11) is 1.41. The molecule has 0 aliphatic carbocycles. The van der Waals surface area contributed by atoms with Crippen molar-refractivity contribution in [1.82, 2.24) is 10.2 Å². The Hall–Kier alpha value is -3.62. The second-order valence-electron chi connectivity index (χ2n) is 6.94. The SMILES string of the molecule is COc1ccc(F)cc1COC(=O)CN1C(=O)N[C@]2(CCOc3ccccc32)C1=O. The van der Waals surface area contributed by atoms with Gasteiger partial charge in [-0.25, -0.2) is 9.18 Å². The van der Waals surface area contributed by atoms with Crippen LogP contribution in [0.3, 0.4) is 0 Å². The van der Waals surface area contributed by atoms with E-state index in [0.717, 1.165) is 4.90 Å². The van der Waals surface area contributed by atoms with Crippen molar-refractivity contribution in [2.24, 2.45) is 0 Å². The Balaban J connectivity index is 1.47. The van der Waals surface area contributed by atoms with Crippen molar-refractivity contribution >= 4 is 17.9 Å². The van der Waals surface area contributed by atoms with Crippen LogP contribution >= 0.6 is 0 Å². The lowest BCUT2D eigenvalue weighted by Crippen LogP contribution is -2.47. The number of para-hydroxylation sites is 1. The fraction of sp³-hybridized carbons (Fsp3) is 0.286. The maximum atomic E-state index is 13.4. The largest absolute Gasteiger partial charge is 0.496 e. The Morgan fingerprint density at radius 3 is 2.87 bits per heavy atom. The summed E-state index contributed by atoms with van der Waals surface area (Å²) in [6, 6.07) is 10.1. The first-order valence-corrected chi connectivity index (χ1v) is 9.29. The van der Waals surface area contributed by atoms with Crippen molar-refractivity contribution in [3.05, 3.63) is 59.4 Å². The maximum Gasteiger partial charge on any atom is 0.326 e. The smallest absolute Gasteiger partial charge is 0.326 e. The predicted molar refractivity (Wildman–Crippen MR) is 101 cm³/mol. The summed E-state index contributed by atoms with van der Waals surface area (Å²) >= 11 is 0. The topological polar surface area (TPSA) is 94.2 Å². The van der Waals surface area contributed by atoms with Crippen molar-refractivity contribution in [2.75, 3.05) is 20.3 Å². The number of hydrogen-bond donors (Lipinski definition) is 1. The summed E-state index contributed by atoms with van der Waals surface area (Å²) < 4.78 is 29.3. The zero-order valence-electron chi connectivity index (χ0n) is 16.1. The third-order valence-corrected chi connectivity index (χ3v) is 5.18. The summed E-state index contributed by atoms with van der Waals surface area (Å²) in [5.41, 5.74) is -0.384. The Kier molecular flexibility index (Phi) is 5.03. The number of amides is 3. The molecule has 0 radical (unpaired) electrons. The number of benzene rings is 2. The van der Waals surface area contributed by atoms with Gasteiger partial charge in [-0.3, -0.25) is 14.5 Å². The molecule has 4 rings (SSSR count). The highest BCUT2D eigenvalue weighted by Crippen LogP contribution is 2.40. The lowest BCUT2D eigenvalue weighted by Gasteiger charge is -2.33. The number of rotatable bonds is 5. The van der Waals surface area contributed by atoms with Gasteiger partial charge in [0, 0.05) is 17.5 Å². The standard InChI is InChI=1S/C21H19FN2O6/c1-28-16-7-6-14(22)10-13(16)12-30-18(25)11-24-19(26)21(23-20(24)27)8-9-29-17-5-3-2-4-15(17)21/h2-7,10H,8-9,11-12H2,1H3,(H,23,27)/t21-/m0/s1. The fourth-order valence-corrected chi connectivity index (χ4v) is 3.71. The number of fused-ring (bicyclic) bond motifs is 2. The summed E-state index contributed by atoms with van der Waals surface area (Å²) in [6.45, 7) is -0.570. The van der Waals surface area contributed by atoms with Gasteiger partial charge in [-0.1, -0.05) is 18.2 Å². The molecule has 0 unspecified atom stereocenters. The first kappa shape index (κ1) is 19.7. The minimum absolute atomic E-state index is 0.251. The van der Waals surface area contributed by atoms with E-state index < -0.39 is 35.8 Å². The highest BCUT2D eigenvalue weighted by Gasteiger charge is 2.55. The van der Waals surface area contributed by atoms with Crippen LogP contribution in [0.25, 0.3) is 0 Å². The molecule has 0 bridgehead atoms. The van der Waals surface area contributed by atoms with E-state index in [-0.39, 0.29) is 19.6 Å². The van der Waals surface area contributed by atoms with E-state index in [2.05, 4.69) is 5.32 Å². The number of nitrogens with zero attached hydrogens (tertiary/aromatic N) is 1. The number of carbonyl (C=O) groups is 3. The Morgan fingerprint density at radius 1 is 1.27 bits per heavy atom. The molecule has 156 valence electrons. The molecule has 3 amide bonds. The molecule has 1 fully saturated rings. The molecule has 2 aromatic rings. The quantitative estimate of drug-likeness (QED) is 0.595. The third-order valence-electron chi connectivity index (χ3n) is 5.18. The lowest BCUT2D eigenvalue weighted by molar-refractivity contribution is -0.149. The first-order chi connectivity index (χ1) is 14.4. The van der Waals surface area contributed by atoms with Crippen molar-refractivity contribution in [3.8, 4) is 11.5 Å². The van der Waals surface area contributed by atoms with Crippen LogP contribution in [0.2, 0.25) is 0 Å². The van der Waals surface area contributed by atoms with Crippen molar-refractivity contribution < 1.29 is 33.0 Å². The molecule has 1 atom stereocenters. The molecule has 0 aromatic heterocycles. The van der Waals surface area contributed by atoms with Gasteiger partial charge >= 0.3 is 12.0 Å². The van der Waals surface area contributed by atoms with Gasteiger partial charge < -0.3 is 19.5 Å². The number of imide groups is 1. The number of urea groups is 1. The number of nitrogens with one attached hydrogen (secondary N) is 1. The van der Waals surface area contributed by atoms with Crippen LogP contribution in [-0.2, 0) is 26.5 Å². The molecule has 30 heavy (non-hydrogen) atoms. The highest BCUT2D eigenvalue weighted by molar-refractivity contribution is 6.09. The van der Waals surface area contributed by atoms with Crippen LogP contribution in [-0.4, -0.2) is 43.1 Å². The normalized spacial score (nSPS) is 19.9. The van der Waals surface area contributed by atoms with Crippen LogP contribution in [0, 0.1) is 5.82 Å². The Bertz CT molecular complexity index is 1030. The molecular weight excluding hydrogens is 395 g/mol. The zero-order valence-corrected chi connectivity index (χ0v) is 16.1. The van der Waals surface area contributed by atoms with Crippen molar-refractivity contribution in [3.63, 3.8) is 0 Å². The van der Waals surface area contributed by atoms with E-state index in [1.54, 1.807) is 24.3 Å². The summed E-state index contributed by atoms with van der Waals surface area (Å²) in [6.07, 6.45) is 0.251. The predicted octanol–water partition coefficient (Wildman–Crippen LogP) is 2.11. The average molecular weight is 414 g/mol. The van der Waals surface area contributed by atoms with Crippen molar-refractivity contribution in [2.45, 2.75) is 18.6 Å². The van der Waals surface area contributed by atoms with Crippen LogP contribution < -0.4 is 14.8 Å². The number of ether oxygens (including phenoxy) is 3. The highest BCUT2D eigenvalue weighted by atomic mass is 19.1. The van der Waals surface area contributed by atoms with Gasteiger partial charge in [-0.2, -0.15) is 0 Å². The Morgan fingerprint density at radius 2 is 2.07 bits per heavy atom. The molecule has 1 N–H and O–H groups in total. The van der Waals surface area contributed by atoms with Gasteiger partial charge in [0.15, 0.2) is 5.54 Å². The third kappa shape index (κ3) is 3.32. The zero-order chi connectivity index (χ0) is 21.3. The monoisotopic (exact) mass is 414 g/mol. The minimum Gasteiger partial charge on any atom is -0.496 e. The van der Waals surface area contributed by atoms with Crippen LogP contribution in [0.5, 0.6) is 11.5 Å². The Labute approximate surface area is 171 Å². The summed E-state index contributed by atoms with van der Waals surface area (Å²) in [5, 5.41) is 2.71. The minimum atomic E-state index is -1.27. The second kappa shape index (κ2) is 7.66. The van der Waals surface area contributed by atoms with Crippen LogP contribution in [0.4, 0.5) is 9.18 Å². The number of carbonyl (C=O) groups excluding carboxylic acids is 3. The van der Waals surface area contributed by atoms with E-state index in [1.807, 2.05) is 0 Å². The molecule has 0 saturated carbocycles. The maximum absolute atomic E-state index is 13.4. The van der Waals surface area contributed by atoms with Gasteiger partial charge in [0.2, 0.25) is 0 Å². The lowest BCUT2D eigenvalue weighted by atomic mass is 9.84. The molecule has 9 heteroatoms. The second-order valence-corrected chi connectivity index (χ2v) is 6.94. The summed E-state index contributed by atoms with van der Waals surface area (Å²) in [4.78, 5) is 38.8. The van der Waals surface area contributed by atoms with Crippen molar-refractivity contribution in [1.29, 1.82) is 0 Å². The number of methoxy groups -OCH3 is 1. The molecule has 2 heterocycles. The summed E-state index contributed by atoms with van der Waals surface area (Å²) in [5.74, 6) is -0.973. The number of esters is 1. The number of hydrogen-bond acceptors (Lipinski definition) is 6. The molecule has 1 spiro atoms. The molecule has 8 nitrogen and oxygen atoms in total. The van der Waals surface area contributed by atoms with Gasteiger partial charge in [0.05, 0.1) is 13.7 Å². The molecule has 2 aliphatic rings. The van der Waals surface area contributed by atoms with Crippen LogP contribution in [0.1, 0.15) is 17.5 Å². The van der Waals surface area contributed by atoms with Gasteiger partial charge in [0.1, 0.15) is 30.5 Å². The first-order valence-electron chi connectivity index (χ1n) is 9.29.